The Morgan fingerprint density at radius 3 is 1.53 bits per heavy atom. The first kappa shape index (κ1) is 20.9. The maximum atomic E-state index is 12.7. The summed E-state index contributed by atoms with van der Waals surface area (Å²) >= 11 is 0. The van der Waals surface area contributed by atoms with Crippen molar-refractivity contribution in [3.63, 3.8) is 0 Å². The number of hydrogen-bond donors (Lipinski definition) is 2. The molecule has 0 saturated carbocycles. The molecular weight excluding hydrogens is 436 g/mol. The predicted molar refractivity (Wildman–Crippen MR) is 129 cm³/mol. The van der Waals surface area contributed by atoms with Crippen molar-refractivity contribution in [2.75, 3.05) is 0 Å². The van der Waals surface area contributed by atoms with Gasteiger partial charge in [-0.05, 0) is 48.5 Å². The lowest BCUT2D eigenvalue weighted by molar-refractivity contribution is 0.475. The van der Waals surface area contributed by atoms with Crippen LogP contribution in [-0.2, 0) is 0 Å². The van der Waals surface area contributed by atoms with Gasteiger partial charge in [0.1, 0.15) is 35.2 Å². The summed E-state index contributed by atoms with van der Waals surface area (Å²) in [6.07, 6.45) is 5.31. The van der Waals surface area contributed by atoms with E-state index in [1.165, 1.54) is 61.4 Å². The van der Waals surface area contributed by atoms with Crippen LogP contribution in [0, 0.1) is 0 Å². The number of hydrogen-bond acceptors (Lipinski definition) is 8. The van der Waals surface area contributed by atoms with Crippen LogP contribution < -0.4 is 10.9 Å². The summed E-state index contributed by atoms with van der Waals surface area (Å²) in [4.78, 5) is 34.2. The number of phenols is 2. The molecule has 2 aromatic heterocycles. The quantitative estimate of drug-likeness (QED) is 0.377. The Hall–Kier alpha value is -4.98. The van der Waals surface area contributed by atoms with Crippen molar-refractivity contribution in [1.82, 2.24) is 0 Å². The summed E-state index contributed by atoms with van der Waals surface area (Å²) in [5.74, 6) is -0.0797. The van der Waals surface area contributed by atoms with Gasteiger partial charge < -0.3 is 19.0 Å². The zero-order valence-corrected chi connectivity index (χ0v) is 17.5. The van der Waals surface area contributed by atoms with E-state index in [-0.39, 0.29) is 44.3 Å². The number of phenolic OH excluding ortho intramolecular Hbond substituents is 2. The molecule has 8 nitrogen and oxygen atoms in total. The van der Waals surface area contributed by atoms with Gasteiger partial charge in [0, 0.05) is 12.4 Å². The third-order valence-electron chi connectivity index (χ3n) is 5.13. The number of fused-ring (bicyclic) bond motifs is 2. The molecule has 34 heavy (non-hydrogen) atoms. The molecule has 0 atom stereocenters. The molecule has 0 aliphatic carbocycles. The maximum absolute atomic E-state index is 12.7. The van der Waals surface area contributed by atoms with E-state index in [9.17, 15) is 19.8 Å². The third kappa shape index (κ3) is 3.95. The highest BCUT2D eigenvalue weighted by Crippen LogP contribution is 2.27. The van der Waals surface area contributed by atoms with Crippen LogP contribution >= 0.6 is 0 Å². The first-order valence-electron chi connectivity index (χ1n) is 10.2. The fourth-order valence-electron chi connectivity index (χ4n) is 3.41. The lowest BCUT2D eigenvalue weighted by Gasteiger charge is -2.02. The predicted octanol–water partition coefficient (Wildman–Crippen LogP) is 4.81. The second kappa shape index (κ2) is 8.51. The largest absolute Gasteiger partial charge is 0.508 e. The van der Waals surface area contributed by atoms with Gasteiger partial charge in [0.05, 0.1) is 33.3 Å². The smallest absolute Gasteiger partial charge is 0.201 e. The Labute approximate surface area is 191 Å². The Morgan fingerprint density at radius 2 is 1.09 bits per heavy atom. The van der Waals surface area contributed by atoms with Crippen molar-refractivity contribution >= 4 is 45.7 Å². The highest BCUT2D eigenvalue weighted by molar-refractivity contribution is 5.91. The van der Waals surface area contributed by atoms with Gasteiger partial charge in [0.25, 0.3) is 0 Å². The molecular formula is C26H16N2O6. The van der Waals surface area contributed by atoms with Crippen LogP contribution in [-0.4, -0.2) is 22.6 Å². The number of aromatic hydroxyl groups is 2. The van der Waals surface area contributed by atoms with E-state index < -0.39 is 0 Å². The summed E-state index contributed by atoms with van der Waals surface area (Å²) < 4.78 is 10.9. The normalized spacial score (nSPS) is 11.8. The van der Waals surface area contributed by atoms with Gasteiger partial charge in [-0.1, -0.05) is 12.1 Å². The van der Waals surface area contributed by atoms with E-state index in [1.54, 1.807) is 24.3 Å². The first-order valence-corrected chi connectivity index (χ1v) is 10.2. The molecule has 0 unspecified atom stereocenters. The zero-order chi connectivity index (χ0) is 23.7. The Bertz CT molecular complexity index is 1600. The van der Waals surface area contributed by atoms with Gasteiger partial charge >= 0.3 is 0 Å². The van der Waals surface area contributed by atoms with Gasteiger partial charge in [-0.2, -0.15) is 0 Å². The number of aliphatic imine (C=N–C) groups is 2. The second-order valence-corrected chi connectivity index (χ2v) is 7.41. The van der Waals surface area contributed by atoms with Crippen LogP contribution in [0.25, 0.3) is 21.9 Å². The monoisotopic (exact) mass is 452 g/mol. The first-order chi connectivity index (χ1) is 16.5. The van der Waals surface area contributed by atoms with E-state index in [2.05, 4.69) is 9.98 Å². The molecule has 0 spiro atoms. The molecule has 0 amide bonds. The summed E-state index contributed by atoms with van der Waals surface area (Å²) in [5.41, 5.74) is 1.35. The summed E-state index contributed by atoms with van der Waals surface area (Å²) in [7, 11) is 0. The van der Waals surface area contributed by atoms with Crippen molar-refractivity contribution in [2.24, 2.45) is 9.98 Å². The van der Waals surface area contributed by atoms with Crippen LogP contribution in [0.15, 0.2) is 102 Å². The molecule has 0 aliphatic heterocycles. The minimum atomic E-state index is -0.334. The number of para-hydroxylation sites is 2. The van der Waals surface area contributed by atoms with E-state index in [1.807, 2.05) is 0 Å². The topological polar surface area (TPSA) is 126 Å². The van der Waals surface area contributed by atoms with Gasteiger partial charge in [0.15, 0.2) is 0 Å². The molecule has 8 heteroatoms. The zero-order valence-electron chi connectivity index (χ0n) is 17.5. The van der Waals surface area contributed by atoms with Gasteiger partial charge in [-0.3, -0.25) is 19.6 Å². The van der Waals surface area contributed by atoms with E-state index >= 15 is 0 Å². The lowest BCUT2D eigenvalue weighted by atomic mass is 10.1. The Kier molecular flexibility index (Phi) is 5.23. The summed E-state index contributed by atoms with van der Waals surface area (Å²) in [6, 6.07) is 15.5. The lowest BCUT2D eigenvalue weighted by Crippen LogP contribution is -2.07. The highest BCUT2D eigenvalue weighted by atomic mass is 16.3. The Morgan fingerprint density at radius 1 is 0.647 bits per heavy atom. The van der Waals surface area contributed by atoms with Gasteiger partial charge in [-0.25, -0.2) is 0 Å². The molecule has 5 aromatic rings. The van der Waals surface area contributed by atoms with Crippen LogP contribution in [0.1, 0.15) is 11.1 Å². The van der Waals surface area contributed by atoms with Crippen molar-refractivity contribution in [1.29, 1.82) is 0 Å². The van der Waals surface area contributed by atoms with Gasteiger partial charge in [-0.15, -0.1) is 0 Å². The number of rotatable bonds is 4. The van der Waals surface area contributed by atoms with E-state index in [4.69, 9.17) is 8.83 Å². The van der Waals surface area contributed by atoms with Crippen molar-refractivity contribution in [2.45, 2.75) is 0 Å². The minimum absolute atomic E-state index is 0.0399. The van der Waals surface area contributed by atoms with Crippen molar-refractivity contribution < 1.29 is 19.0 Å². The van der Waals surface area contributed by atoms with Crippen LogP contribution in [0.5, 0.6) is 11.5 Å². The molecule has 0 fully saturated rings. The fraction of sp³-hybridized carbons (Fsp3) is 0. The number of nitrogens with zero attached hydrogens (tertiary/aromatic N) is 2. The minimum Gasteiger partial charge on any atom is -0.508 e. The van der Waals surface area contributed by atoms with Crippen LogP contribution in [0.3, 0.4) is 0 Å². The molecule has 0 saturated heterocycles. The summed E-state index contributed by atoms with van der Waals surface area (Å²) in [5, 5.41) is 19.8. The second-order valence-electron chi connectivity index (χ2n) is 7.41. The SMILES string of the molecule is O=c1c(C=Nc2ccccc2N=Cc2coc3ccc(O)cc3c2=O)coc2ccc(O)cc12. The highest BCUT2D eigenvalue weighted by Gasteiger charge is 2.08. The average molecular weight is 452 g/mol. The van der Waals surface area contributed by atoms with Crippen LogP contribution in [0.2, 0.25) is 0 Å². The molecule has 3 aromatic carbocycles. The molecule has 0 aliphatic rings. The average Bonchev–Trinajstić information content (AvgIpc) is 2.84. The van der Waals surface area contributed by atoms with Crippen molar-refractivity contribution in [3.05, 3.63) is 105 Å². The molecule has 0 radical (unpaired) electrons. The fourth-order valence-corrected chi connectivity index (χ4v) is 3.41. The molecule has 166 valence electrons. The number of benzene rings is 3. The molecule has 5 rings (SSSR count). The van der Waals surface area contributed by atoms with Crippen LogP contribution in [0.4, 0.5) is 11.4 Å². The maximum Gasteiger partial charge on any atom is 0.201 e. The third-order valence-corrected chi connectivity index (χ3v) is 5.13. The van der Waals surface area contributed by atoms with E-state index in [0.29, 0.717) is 22.5 Å². The Balaban J connectivity index is 1.49. The molecule has 2 N–H and O–H groups in total. The van der Waals surface area contributed by atoms with Crippen molar-refractivity contribution in [3.8, 4) is 11.5 Å². The molecule has 0 bridgehead atoms. The summed E-state index contributed by atoms with van der Waals surface area (Å²) in [6.45, 7) is 0. The van der Waals surface area contributed by atoms with E-state index in [0.717, 1.165) is 0 Å². The standard InChI is InChI=1S/C26H16N2O6/c29-17-5-7-23-19(9-17)25(31)15(13-33-23)11-27-21-3-1-2-4-22(21)28-12-16-14-34-24-8-6-18(30)10-20(24)26(16)32/h1-14,29-30H. The van der Waals surface area contributed by atoms with Gasteiger partial charge in [0.2, 0.25) is 10.9 Å². The molecule has 2 heterocycles.